The second-order valence-corrected chi connectivity index (χ2v) is 7.13. The SMILES string of the molecule is CC(C)OCCCNC(=O)CNC(=O)c1ccc(C(C)(C)C)cc1. The van der Waals surface area contributed by atoms with Crippen molar-refractivity contribution in [1.29, 1.82) is 0 Å². The summed E-state index contributed by atoms with van der Waals surface area (Å²) in [7, 11) is 0. The fourth-order valence-corrected chi connectivity index (χ4v) is 2.07. The molecule has 0 aromatic heterocycles. The van der Waals surface area contributed by atoms with E-state index in [-0.39, 0.29) is 29.9 Å². The number of amides is 2. The summed E-state index contributed by atoms with van der Waals surface area (Å²) in [6, 6.07) is 7.47. The number of nitrogens with one attached hydrogen (secondary N) is 2. The van der Waals surface area contributed by atoms with Crippen molar-refractivity contribution in [2.45, 2.75) is 52.6 Å². The highest BCUT2D eigenvalue weighted by Crippen LogP contribution is 2.22. The summed E-state index contributed by atoms with van der Waals surface area (Å²) in [6.45, 7) is 11.5. The number of rotatable bonds is 8. The average molecular weight is 334 g/mol. The first-order chi connectivity index (χ1) is 11.2. The number of carbonyl (C=O) groups excluding carboxylic acids is 2. The van der Waals surface area contributed by atoms with Crippen LogP contribution in [0.1, 0.15) is 57.0 Å². The molecule has 0 bridgehead atoms. The fraction of sp³-hybridized carbons (Fsp3) is 0.579. The zero-order chi connectivity index (χ0) is 18.2. The normalized spacial score (nSPS) is 11.4. The summed E-state index contributed by atoms with van der Waals surface area (Å²) < 4.78 is 5.39. The number of hydrogen-bond donors (Lipinski definition) is 2. The molecule has 0 atom stereocenters. The molecule has 5 heteroatoms. The van der Waals surface area contributed by atoms with E-state index in [1.165, 1.54) is 5.56 Å². The van der Waals surface area contributed by atoms with Crippen LogP contribution in [0.2, 0.25) is 0 Å². The summed E-state index contributed by atoms with van der Waals surface area (Å²) in [4.78, 5) is 23.7. The first kappa shape index (κ1) is 20.2. The molecule has 1 aromatic rings. The summed E-state index contributed by atoms with van der Waals surface area (Å²) in [5.41, 5.74) is 1.77. The fourth-order valence-electron chi connectivity index (χ4n) is 2.07. The van der Waals surface area contributed by atoms with Crippen LogP contribution in [0.4, 0.5) is 0 Å². The summed E-state index contributed by atoms with van der Waals surface area (Å²) in [6.07, 6.45) is 0.955. The lowest BCUT2D eigenvalue weighted by molar-refractivity contribution is -0.120. The molecular formula is C19H30N2O3. The predicted octanol–water partition coefficient (Wildman–Crippen LogP) is 2.65. The Labute approximate surface area is 145 Å². The van der Waals surface area contributed by atoms with Gasteiger partial charge in [-0.1, -0.05) is 32.9 Å². The third-order valence-corrected chi connectivity index (χ3v) is 3.52. The Hall–Kier alpha value is -1.88. The molecule has 0 aliphatic heterocycles. The van der Waals surface area contributed by atoms with Crippen molar-refractivity contribution < 1.29 is 14.3 Å². The molecule has 1 aromatic carbocycles. The van der Waals surface area contributed by atoms with E-state index in [1.54, 1.807) is 12.1 Å². The Bertz CT molecular complexity index is 531. The highest BCUT2D eigenvalue weighted by Gasteiger charge is 2.14. The quantitative estimate of drug-likeness (QED) is 0.718. The summed E-state index contributed by atoms with van der Waals surface area (Å²) in [5.74, 6) is -0.437. The lowest BCUT2D eigenvalue weighted by Crippen LogP contribution is -2.37. The molecule has 24 heavy (non-hydrogen) atoms. The standard InChI is InChI=1S/C19H30N2O3/c1-14(2)24-12-6-11-20-17(22)13-21-18(23)15-7-9-16(10-8-15)19(3,4)5/h7-10,14H,6,11-13H2,1-5H3,(H,20,22)(H,21,23). The largest absolute Gasteiger partial charge is 0.379 e. The van der Waals surface area contributed by atoms with Crippen LogP contribution in [0.15, 0.2) is 24.3 Å². The van der Waals surface area contributed by atoms with Crippen LogP contribution in [0.25, 0.3) is 0 Å². The number of benzene rings is 1. The van der Waals surface area contributed by atoms with Gasteiger partial charge in [0, 0.05) is 18.7 Å². The molecule has 0 fully saturated rings. The van der Waals surface area contributed by atoms with Gasteiger partial charge in [-0.15, -0.1) is 0 Å². The van der Waals surface area contributed by atoms with Crippen molar-refractivity contribution in [2.75, 3.05) is 19.7 Å². The molecule has 2 amide bonds. The van der Waals surface area contributed by atoms with Gasteiger partial charge in [-0.2, -0.15) is 0 Å². The molecule has 0 saturated heterocycles. The van der Waals surface area contributed by atoms with Crippen molar-refractivity contribution in [3.63, 3.8) is 0 Å². The van der Waals surface area contributed by atoms with Gasteiger partial charge in [0.1, 0.15) is 0 Å². The van der Waals surface area contributed by atoms with Gasteiger partial charge in [0.05, 0.1) is 12.6 Å². The van der Waals surface area contributed by atoms with Crippen LogP contribution in [-0.2, 0) is 14.9 Å². The third kappa shape index (κ3) is 7.59. The summed E-state index contributed by atoms with van der Waals surface area (Å²) >= 11 is 0. The minimum Gasteiger partial charge on any atom is -0.379 e. The van der Waals surface area contributed by atoms with Gasteiger partial charge < -0.3 is 15.4 Å². The highest BCUT2D eigenvalue weighted by molar-refractivity contribution is 5.96. The molecule has 0 radical (unpaired) electrons. The van der Waals surface area contributed by atoms with Crippen molar-refractivity contribution in [3.8, 4) is 0 Å². The second kappa shape index (κ2) is 9.42. The molecule has 134 valence electrons. The van der Waals surface area contributed by atoms with Crippen LogP contribution in [0.3, 0.4) is 0 Å². The number of hydrogen-bond acceptors (Lipinski definition) is 3. The molecular weight excluding hydrogens is 304 g/mol. The Morgan fingerprint density at radius 1 is 1.08 bits per heavy atom. The van der Waals surface area contributed by atoms with Gasteiger partial charge in [-0.05, 0) is 43.4 Å². The maximum absolute atomic E-state index is 12.1. The maximum Gasteiger partial charge on any atom is 0.251 e. The molecule has 0 heterocycles. The molecule has 5 nitrogen and oxygen atoms in total. The van der Waals surface area contributed by atoms with E-state index in [0.717, 1.165) is 6.42 Å². The van der Waals surface area contributed by atoms with E-state index in [4.69, 9.17) is 4.74 Å². The van der Waals surface area contributed by atoms with Crippen LogP contribution in [-0.4, -0.2) is 37.6 Å². The maximum atomic E-state index is 12.1. The zero-order valence-electron chi connectivity index (χ0n) is 15.4. The number of ether oxygens (including phenoxy) is 1. The minimum atomic E-state index is -0.242. The monoisotopic (exact) mass is 334 g/mol. The third-order valence-electron chi connectivity index (χ3n) is 3.52. The van der Waals surface area contributed by atoms with Gasteiger partial charge >= 0.3 is 0 Å². The van der Waals surface area contributed by atoms with E-state index in [0.29, 0.717) is 18.7 Å². The van der Waals surface area contributed by atoms with Crippen LogP contribution in [0, 0.1) is 0 Å². The van der Waals surface area contributed by atoms with E-state index in [2.05, 4.69) is 31.4 Å². The van der Waals surface area contributed by atoms with Crippen molar-refractivity contribution in [3.05, 3.63) is 35.4 Å². The average Bonchev–Trinajstić information content (AvgIpc) is 2.51. The molecule has 0 aliphatic rings. The van der Waals surface area contributed by atoms with E-state index in [9.17, 15) is 9.59 Å². The van der Waals surface area contributed by atoms with Crippen molar-refractivity contribution in [1.82, 2.24) is 10.6 Å². The predicted molar refractivity (Wildman–Crippen MR) is 96.2 cm³/mol. The van der Waals surface area contributed by atoms with Gasteiger partial charge in [-0.3, -0.25) is 9.59 Å². The molecule has 1 rings (SSSR count). The minimum absolute atomic E-state index is 0.0229. The molecule has 0 spiro atoms. The van der Waals surface area contributed by atoms with Crippen molar-refractivity contribution in [2.24, 2.45) is 0 Å². The molecule has 0 saturated carbocycles. The first-order valence-corrected chi connectivity index (χ1v) is 8.47. The molecule has 2 N–H and O–H groups in total. The summed E-state index contributed by atoms with van der Waals surface area (Å²) in [5, 5.41) is 5.39. The van der Waals surface area contributed by atoms with Gasteiger partial charge in [0.15, 0.2) is 0 Å². The smallest absolute Gasteiger partial charge is 0.251 e. The zero-order valence-corrected chi connectivity index (χ0v) is 15.4. The molecule has 0 unspecified atom stereocenters. The Morgan fingerprint density at radius 2 is 1.71 bits per heavy atom. The topological polar surface area (TPSA) is 67.4 Å². The van der Waals surface area contributed by atoms with Gasteiger partial charge in [0.2, 0.25) is 5.91 Å². The number of carbonyl (C=O) groups is 2. The van der Waals surface area contributed by atoms with E-state index in [1.807, 2.05) is 26.0 Å². The highest BCUT2D eigenvalue weighted by atomic mass is 16.5. The van der Waals surface area contributed by atoms with E-state index >= 15 is 0 Å². The van der Waals surface area contributed by atoms with Crippen LogP contribution < -0.4 is 10.6 Å². The molecule has 0 aliphatic carbocycles. The second-order valence-electron chi connectivity index (χ2n) is 7.13. The Balaban J connectivity index is 2.31. The van der Waals surface area contributed by atoms with Gasteiger partial charge in [-0.25, -0.2) is 0 Å². The van der Waals surface area contributed by atoms with E-state index < -0.39 is 0 Å². The Morgan fingerprint density at radius 3 is 2.25 bits per heavy atom. The first-order valence-electron chi connectivity index (χ1n) is 8.47. The Kier molecular flexibility index (Phi) is 7.92. The lowest BCUT2D eigenvalue weighted by Gasteiger charge is -2.19. The van der Waals surface area contributed by atoms with Crippen LogP contribution >= 0.6 is 0 Å². The van der Waals surface area contributed by atoms with Gasteiger partial charge in [0.25, 0.3) is 5.91 Å². The lowest BCUT2D eigenvalue weighted by atomic mass is 9.87. The van der Waals surface area contributed by atoms with Crippen molar-refractivity contribution >= 4 is 11.8 Å². The van der Waals surface area contributed by atoms with Crippen LogP contribution in [0.5, 0.6) is 0 Å².